The quantitative estimate of drug-likeness (QED) is 0.705. The molecule has 22 heavy (non-hydrogen) atoms. The van der Waals surface area contributed by atoms with Crippen LogP contribution in [0.25, 0.3) is 0 Å². The van der Waals surface area contributed by atoms with Gasteiger partial charge in [-0.25, -0.2) is 0 Å². The topological polar surface area (TPSA) is 15.6 Å². The standard InChI is InChI=1S/C20H32N2/c1-2-5-14(6-3-1)15-9-10-19-17(13-15)16-7-4-8-18-20(16)22(19)12-11-21-18/h14-17,19-20H,1-13H2. The Labute approximate surface area is 135 Å². The Balaban J connectivity index is 1.37. The lowest BCUT2D eigenvalue weighted by Crippen LogP contribution is -2.49. The fourth-order valence-corrected chi connectivity index (χ4v) is 7.08. The molecule has 0 spiro atoms. The van der Waals surface area contributed by atoms with Crippen LogP contribution in [-0.2, 0) is 0 Å². The molecule has 2 nitrogen and oxygen atoms in total. The molecule has 2 heterocycles. The fourth-order valence-electron chi connectivity index (χ4n) is 7.08. The predicted octanol–water partition coefficient (Wildman–Crippen LogP) is 4.29. The highest BCUT2D eigenvalue weighted by molar-refractivity contribution is 5.91. The van der Waals surface area contributed by atoms with Gasteiger partial charge in [0, 0.05) is 18.3 Å². The smallest absolute Gasteiger partial charge is 0.0517 e. The molecule has 3 saturated carbocycles. The maximum atomic E-state index is 4.93. The Morgan fingerprint density at radius 1 is 0.818 bits per heavy atom. The van der Waals surface area contributed by atoms with Crippen molar-refractivity contribution in [2.24, 2.45) is 28.7 Å². The summed E-state index contributed by atoms with van der Waals surface area (Å²) < 4.78 is 0. The second-order valence-electron chi connectivity index (χ2n) is 8.81. The average molecular weight is 300 g/mol. The largest absolute Gasteiger partial charge is 0.291 e. The lowest BCUT2D eigenvalue weighted by Gasteiger charge is -2.41. The van der Waals surface area contributed by atoms with E-state index in [1.165, 1.54) is 57.9 Å². The maximum Gasteiger partial charge on any atom is 0.0517 e. The highest BCUT2D eigenvalue weighted by Crippen LogP contribution is 2.52. The summed E-state index contributed by atoms with van der Waals surface area (Å²) in [6.45, 7) is 2.35. The van der Waals surface area contributed by atoms with Gasteiger partial charge in [-0.3, -0.25) is 9.89 Å². The third-order valence-electron chi connectivity index (χ3n) is 7.94. The van der Waals surface area contributed by atoms with Crippen molar-refractivity contribution in [2.75, 3.05) is 13.1 Å². The maximum absolute atomic E-state index is 4.93. The van der Waals surface area contributed by atoms with Gasteiger partial charge in [-0.15, -0.1) is 0 Å². The van der Waals surface area contributed by atoms with Crippen molar-refractivity contribution in [3.8, 4) is 0 Å². The van der Waals surface area contributed by atoms with Gasteiger partial charge in [0.25, 0.3) is 0 Å². The number of aliphatic imine (C=N–C) groups is 1. The van der Waals surface area contributed by atoms with E-state index >= 15 is 0 Å². The Kier molecular flexibility index (Phi) is 3.58. The summed E-state index contributed by atoms with van der Waals surface area (Å²) in [6.07, 6.45) is 16.5. The number of nitrogens with zero attached hydrogens (tertiary/aromatic N) is 2. The van der Waals surface area contributed by atoms with E-state index < -0.39 is 0 Å². The predicted molar refractivity (Wildman–Crippen MR) is 91.3 cm³/mol. The van der Waals surface area contributed by atoms with Gasteiger partial charge in [-0.2, -0.15) is 0 Å². The van der Waals surface area contributed by atoms with Gasteiger partial charge in [0.2, 0.25) is 0 Å². The number of fused-ring (bicyclic) bond motifs is 3. The van der Waals surface area contributed by atoms with E-state index in [0.29, 0.717) is 0 Å². The Morgan fingerprint density at radius 3 is 2.64 bits per heavy atom. The van der Waals surface area contributed by atoms with Gasteiger partial charge in [0.05, 0.1) is 12.6 Å². The van der Waals surface area contributed by atoms with Crippen LogP contribution >= 0.6 is 0 Å². The minimum absolute atomic E-state index is 0.780. The van der Waals surface area contributed by atoms with Crippen LogP contribution in [0.3, 0.4) is 0 Å². The summed E-state index contributed by atoms with van der Waals surface area (Å²) in [5.41, 5.74) is 1.60. The first-order valence-corrected chi connectivity index (χ1v) is 10.2. The van der Waals surface area contributed by atoms with Crippen molar-refractivity contribution in [1.82, 2.24) is 4.90 Å². The van der Waals surface area contributed by atoms with E-state index in [1.807, 2.05) is 0 Å². The van der Waals surface area contributed by atoms with Crippen LogP contribution in [0.5, 0.6) is 0 Å². The molecule has 122 valence electrons. The summed E-state index contributed by atoms with van der Waals surface area (Å²) in [7, 11) is 0. The molecule has 0 aromatic carbocycles. The summed E-state index contributed by atoms with van der Waals surface area (Å²) in [6, 6.07) is 1.71. The van der Waals surface area contributed by atoms with E-state index in [-0.39, 0.29) is 0 Å². The zero-order chi connectivity index (χ0) is 14.5. The molecule has 5 unspecified atom stereocenters. The number of hydrogen-bond donors (Lipinski definition) is 0. The van der Waals surface area contributed by atoms with Gasteiger partial charge >= 0.3 is 0 Å². The molecule has 4 fully saturated rings. The molecule has 0 N–H and O–H groups in total. The van der Waals surface area contributed by atoms with Crippen molar-refractivity contribution in [1.29, 1.82) is 0 Å². The molecule has 2 heteroatoms. The molecule has 5 aliphatic rings. The summed E-state index contributed by atoms with van der Waals surface area (Å²) >= 11 is 0. The third-order valence-corrected chi connectivity index (χ3v) is 7.94. The monoisotopic (exact) mass is 300 g/mol. The van der Waals surface area contributed by atoms with E-state index in [2.05, 4.69) is 4.90 Å². The molecule has 0 amide bonds. The van der Waals surface area contributed by atoms with Crippen molar-refractivity contribution in [2.45, 2.75) is 82.7 Å². The van der Waals surface area contributed by atoms with Crippen molar-refractivity contribution >= 4 is 5.71 Å². The van der Waals surface area contributed by atoms with Crippen LogP contribution in [0.15, 0.2) is 4.99 Å². The Morgan fingerprint density at radius 2 is 1.73 bits per heavy atom. The number of rotatable bonds is 1. The molecule has 0 radical (unpaired) electrons. The Hall–Kier alpha value is -0.370. The van der Waals surface area contributed by atoms with E-state index in [9.17, 15) is 0 Å². The van der Waals surface area contributed by atoms with E-state index in [0.717, 1.165) is 42.3 Å². The van der Waals surface area contributed by atoms with Crippen molar-refractivity contribution < 1.29 is 0 Å². The lowest BCUT2D eigenvalue weighted by atomic mass is 9.65. The zero-order valence-corrected chi connectivity index (χ0v) is 14.1. The highest BCUT2D eigenvalue weighted by atomic mass is 15.3. The minimum Gasteiger partial charge on any atom is -0.291 e. The molecular weight excluding hydrogens is 268 g/mol. The van der Waals surface area contributed by atoms with Crippen LogP contribution in [0, 0.1) is 23.7 Å². The van der Waals surface area contributed by atoms with Gasteiger partial charge in [0.1, 0.15) is 0 Å². The molecular formula is C20H32N2. The van der Waals surface area contributed by atoms with Crippen LogP contribution in [-0.4, -0.2) is 35.8 Å². The van der Waals surface area contributed by atoms with Gasteiger partial charge in [-0.05, 0) is 62.2 Å². The second-order valence-corrected chi connectivity index (χ2v) is 8.81. The van der Waals surface area contributed by atoms with Crippen LogP contribution in [0.1, 0.15) is 70.6 Å². The molecule has 1 saturated heterocycles. The minimum atomic E-state index is 0.780. The zero-order valence-electron chi connectivity index (χ0n) is 14.1. The van der Waals surface area contributed by atoms with Crippen LogP contribution < -0.4 is 0 Å². The van der Waals surface area contributed by atoms with Gasteiger partial charge < -0.3 is 0 Å². The first-order chi connectivity index (χ1) is 10.9. The van der Waals surface area contributed by atoms with Crippen molar-refractivity contribution in [3.63, 3.8) is 0 Å². The summed E-state index contributed by atoms with van der Waals surface area (Å²) in [4.78, 5) is 7.86. The first-order valence-electron chi connectivity index (χ1n) is 10.2. The van der Waals surface area contributed by atoms with Crippen molar-refractivity contribution in [3.05, 3.63) is 0 Å². The van der Waals surface area contributed by atoms with Gasteiger partial charge in [0.15, 0.2) is 0 Å². The molecule has 2 aliphatic heterocycles. The molecule has 0 bridgehead atoms. The summed E-state index contributed by atoms with van der Waals surface area (Å²) in [5.74, 6) is 4.16. The fraction of sp³-hybridized carbons (Fsp3) is 0.950. The molecule has 0 aromatic rings. The summed E-state index contributed by atoms with van der Waals surface area (Å²) in [5, 5.41) is 0. The molecule has 0 aromatic heterocycles. The average Bonchev–Trinajstić information content (AvgIpc) is 2.92. The highest BCUT2D eigenvalue weighted by Gasteiger charge is 2.54. The second kappa shape index (κ2) is 5.61. The van der Waals surface area contributed by atoms with Crippen LogP contribution in [0.4, 0.5) is 0 Å². The normalized spacial score (nSPS) is 46.0. The molecule has 5 rings (SSSR count). The Bertz CT molecular complexity index is 451. The number of hydrogen-bond acceptors (Lipinski definition) is 2. The van der Waals surface area contributed by atoms with Crippen LogP contribution in [0.2, 0.25) is 0 Å². The lowest BCUT2D eigenvalue weighted by molar-refractivity contribution is 0.0997. The molecule has 3 aliphatic carbocycles. The van der Waals surface area contributed by atoms with Gasteiger partial charge in [-0.1, -0.05) is 32.1 Å². The SMILES string of the molecule is C1CCC(C2CCC3C(C2)C2CCCC4=NCCN3C42)CC1. The first kappa shape index (κ1) is 14.0. The van der Waals surface area contributed by atoms with E-state index in [1.54, 1.807) is 25.0 Å². The third kappa shape index (κ3) is 2.12. The van der Waals surface area contributed by atoms with E-state index in [4.69, 9.17) is 4.99 Å². The molecule has 5 atom stereocenters.